The molecule has 1 aliphatic heterocycles. The number of amidine groups is 1. The molecule has 3 rings (SSSR count). The normalized spacial score (nSPS) is 17.0. The third-order valence-electron chi connectivity index (χ3n) is 5.98. The smallest absolute Gasteiger partial charge is 0.435 e. The van der Waals surface area contributed by atoms with Crippen LogP contribution in [0.3, 0.4) is 0 Å². The molecule has 0 aliphatic carbocycles. The zero-order valence-electron chi connectivity index (χ0n) is 21.8. The monoisotopic (exact) mass is 495 g/mol. The van der Waals surface area contributed by atoms with Crippen LogP contribution in [0.2, 0.25) is 1.41 Å². The van der Waals surface area contributed by atoms with E-state index >= 15 is 0 Å². The van der Waals surface area contributed by atoms with Crippen LogP contribution in [0.5, 0.6) is 0 Å². The molecule has 36 heavy (non-hydrogen) atoms. The number of carbonyl (C=O) groups excluding carboxylic acids is 3. The lowest BCUT2D eigenvalue weighted by molar-refractivity contribution is -0.139. The first-order valence-electron chi connectivity index (χ1n) is 12.7. The number of likely N-dealkylation sites (tertiary alicyclic amines) is 1. The molecule has 1 unspecified atom stereocenters. The standard InChI is InChI=1S/C27H35N5O4/c1-18(2)15-22(28)26(34)32-14-6-9-23(32)25(33)30-16-19-10-12-21(13-11-19)24(29)31-27(35)36-17-20-7-4-3-5-8-20/h3-5,7-8,10-13,18,22-23H,6,9,14-17,28H2,1-2H3,(H,30,33)(H2,29,31,35)/t22?,23-/m0/s1/i/hT. The van der Waals surface area contributed by atoms with Crippen LogP contribution in [0, 0.1) is 5.92 Å². The molecule has 0 saturated carbocycles. The van der Waals surface area contributed by atoms with E-state index in [9.17, 15) is 14.4 Å². The Kier molecular flexibility index (Phi) is 9.04. The van der Waals surface area contributed by atoms with Gasteiger partial charge in [-0.05, 0) is 36.3 Å². The number of nitrogens with one attached hydrogen (secondary N) is 1. The number of hydrogen-bond acceptors (Lipinski definition) is 5. The van der Waals surface area contributed by atoms with Crippen molar-refractivity contribution in [1.82, 2.24) is 10.2 Å². The van der Waals surface area contributed by atoms with Gasteiger partial charge in [0.25, 0.3) is 0 Å². The first kappa shape index (κ1) is 25.4. The van der Waals surface area contributed by atoms with E-state index in [4.69, 9.17) is 11.9 Å². The van der Waals surface area contributed by atoms with E-state index < -0.39 is 18.2 Å². The summed E-state index contributed by atoms with van der Waals surface area (Å²) in [6, 6.07) is 15.1. The van der Waals surface area contributed by atoms with Gasteiger partial charge in [0.2, 0.25) is 11.8 Å². The van der Waals surface area contributed by atoms with Crippen molar-refractivity contribution in [1.29, 1.82) is 0 Å². The predicted molar refractivity (Wildman–Crippen MR) is 138 cm³/mol. The molecule has 0 bridgehead atoms. The van der Waals surface area contributed by atoms with Gasteiger partial charge in [0.05, 0.1) is 6.04 Å². The van der Waals surface area contributed by atoms with Gasteiger partial charge in [-0.3, -0.25) is 9.59 Å². The molecule has 2 atom stereocenters. The molecule has 1 heterocycles. The maximum atomic E-state index is 12.9. The maximum absolute atomic E-state index is 12.9. The highest BCUT2D eigenvalue weighted by Crippen LogP contribution is 2.20. The Morgan fingerprint density at radius 2 is 1.86 bits per heavy atom. The minimum atomic E-state index is -0.774. The fourth-order valence-electron chi connectivity index (χ4n) is 4.09. The molecule has 2 aromatic rings. The molecule has 0 spiro atoms. The summed E-state index contributed by atoms with van der Waals surface area (Å²) in [5.74, 6) is -0.135. The lowest BCUT2D eigenvalue weighted by Crippen LogP contribution is -2.51. The van der Waals surface area contributed by atoms with Crippen molar-refractivity contribution in [2.45, 2.75) is 58.3 Å². The highest BCUT2D eigenvalue weighted by atomic mass is 16.5. The minimum Gasteiger partial charge on any atom is -0.443 e. The Bertz CT molecular complexity index is 1090. The van der Waals surface area contributed by atoms with Crippen LogP contribution in [-0.4, -0.2) is 47.3 Å². The maximum Gasteiger partial charge on any atom is 0.435 e. The number of amides is 3. The molecule has 9 heteroatoms. The molecular weight excluding hydrogens is 458 g/mol. The van der Waals surface area contributed by atoms with Crippen molar-refractivity contribution in [2.75, 3.05) is 6.54 Å². The van der Waals surface area contributed by atoms with E-state index in [-0.39, 0.29) is 36.7 Å². The molecule has 1 saturated heterocycles. The second kappa shape index (κ2) is 12.8. The van der Waals surface area contributed by atoms with E-state index in [0.29, 0.717) is 24.9 Å². The van der Waals surface area contributed by atoms with Gasteiger partial charge in [-0.1, -0.05) is 68.4 Å². The van der Waals surface area contributed by atoms with Gasteiger partial charge in [-0.15, -0.1) is 0 Å². The third-order valence-corrected chi connectivity index (χ3v) is 5.98. The average molecular weight is 496 g/mol. The van der Waals surface area contributed by atoms with Gasteiger partial charge in [-0.25, -0.2) is 4.79 Å². The molecule has 1 fully saturated rings. The van der Waals surface area contributed by atoms with Crippen molar-refractivity contribution in [3.05, 3.63) is 71.3 Å². The molecule has 2 aromatic carbocycles. The second-order valence-corrected chi connectivity index (χ2v) is 9.32. The van der Waals surface area contributed by atoms with Gasteiger partial charge in [0, 0.05) is 18.7 Å². The highest BCUT2D eigenvalue weighted by molar-refractivity contribution is 6.02. The number of nitrogens with two attached hydrogens (primary N) is 2. The van der Waals surface area contributed by atoms with E-state index in [0.717, 1.165) is 17.5 Å². The molecular formula is C27H35N5O4. The molecule has 1 aliphatic rings. The van der Waals surface area contributed by atoms with E-state index in [1.165, 1.54) is 0 Å². The molecule has 9 nitrogen and oxygen atoms in total. The number of rotatable bonds is 10. The summed E-state index contributed by atoms with van der Waals surface area (Å²) in [7, 11) is 0. The van der Waals surface area contributed by atoms with Gasteiger partial charge in [0.15, 0.2) is 0 Å². The predicted octanol–water partition coefficient (Wildman–Crippen LogP) is 2.71. The summed E-state index contributed by atoms with van der Waals surface area (Å²) in [5.41, 5.74) is 10.5. The number of nitrogens with zero attached hydrogens (tertiary/aromatic N) is 2. The molecule has 3 amide bonds. The largest absolute Gasteiger partial charge is 0.443 e. The number of aliphatic imine (C=N–C) groups is 1. The Labute approximate surface area is 213 Å². The zero-order chi connectivity index (χ0) is 26.8. The molecule has 0 radical (unpaired) electrons. The van der Waals surface area contributed by atoms with Crippen LogP contribution in [0.15, 0.2) is 59.6 Å². The summed E-state index contributed by atoms with van der Waals surface area (Å²) < 4.78 is 12.6. The lowest BCUT2D eigenvalue weighted by atomic mass is 10.0. The van der Waals surface area contributed by atoms with Crippen LogP contribution in [0.1, 0.15) is 49.8 Å². The van der Waals surface area contributed by atoms with Crippen molar-refractivity contribution < 1.29 is 20.5 Å². The zero-order valence-corrected chi connectivity index (χ0v) is 20.8. The van der Waals surface area contributed by atoms with Crippen LogP contribution in [-0.2, 0) is 27.5 Å². The average Bonchev–Trinajstić information content (AvgIpc) is 3.40. The fourth-order valence-corrected chi connectivity index (χ4v) is 4.09. The first-order chi connectivity index (χ1) is 17.8. The molecule has 0 aromatic heterocycles. The van der Waals surface area contributed by atoms with Gasteiger partial charge in [-0.2, -0.15) is 4.99 Å². The van der Waals surface area contributed by atoms with Crippen molar-refractivity contribution >= 4 is 23.7 Å². The molecule has 5 N–H and O–H groups in total. The van der Waals surface area contributed by atoms with Crippen LogP contribution in [0.4, 0.5) is 4.79 Å². The quantitative estimate of drug-likeness (QED) is 0.342. The van der Waals surface area contributed by atoms with Crippen molar-refractivity contribution in [2.24, 2.45) is 22.4 Å². The number of carbonyl (C=O) groups is 3. The SMILES string of the molecule is [3H]NC(CC(C)C)C(=O)N1CCC[C@H]1C(=O)NCc1ccc(C(N)=NC(=O)OCc2ccccc2)cc1. The van der Waals surface area contributed by atoms with Crippen LogP contribution >= 0.6 is 0 Å². The summed E-state index contributed by atoms with van der Waals surface area (Å²) in [5, 5.41) is 2.90. The summed E-state index contributed by atoms with van der Waals surface area (Å²) in [4.78, 5) is 43.1. The van der Waals surface area contributed by atoms with E-state index in [1.807, 2.05) is 44.2 Å². The Hall–Kier alpha value is -3.72. The number of ether oxygens (including phenoxy) is 1. The van der Waals surface area contributed by atoms with Crippen LogP contribution < -0.4 is 16.8 Å². The summed E-state index contributed by atoms with van der Waals surface area (Å²) in [6.07, 6.45) is 1.11. The van der Waals surface area contributed by atoms with Gasteiger partial charge in [0.1, 0.15) is 19.9 Å². The van der Waals surface area contributed by atoms with Crippen molar-refractivity contribution in [3.8, 4) is 0 Å². The topological polar surface area (TPSA) is 140 Å². The van der Waals surface area contributed by atoms with Gasteiger partial charge >= 0.3 is 6.09 Å². The molecule has 192 valence electrons. The number of benzene rings is 2. The lowest BCUT2D eigenvalue weighted by Gasteiger charge is -2.27. The Morgan fingerprint density at radius 3 is 2.53 bits per heavy atom. The minimum absolute atomic E-state index is 0.0349. The van der Waals surface area contributed by atoms with Crippen LogP contribution in [0.25, 0.3) is 0 Å². The number of hydrogen-bond donors (Lipinski definition) is 3. The fraction of sp³-hybridized carbons (Fsp3) is 0.407. The second-order valence-electron chi connectivity index (χ2n) is 9.32. The Balaban J connectivity index is 1.51. The Morgan fingerprint density at radius 1 is 1.14 bits per heavy atom. The van der Waals surface area contributed by atoms with E-state index in [2.05, 4.69) is 16.0 Å². The first-order valence-corrected chi connectivity index (χ1v) is 12.2. The third kappa shape index (κ3) is 7.64. The summed E-state index contributed by atoms with van der Waals surface area (Å²) >= 11 is 0. The summed E-state index contributed by atoms with van der Waals surface area (Å²) in [6.45, 7) is 4.88. The van der Waals surface area contributed by atoms with Gasteiger partial charge < -0.3 is 26.4 Å². The van der Waals surface area contributed by atoms with E-state index in [1.54, 1.807) is 29.2 Å². The van der Waals surface area contributed by atoms with Crippen molar-refractivity contribution in [3.63, 3.8) is 0 Å². The highest BCUT2D eigenvalue weighted by Gasteiger charge is 2.36.